The molecule has 0 bridgehead atoms. The fourth-order valence-electron chi connectivity index (χ4n) is 3.76. The van der Waals surface area contributed by atoms with Crippen LogP contribution in [0.4, 0.5) is 0 Å². The van der Waals surface area contributed by atoms with Crippen molar-refractivity contribution in [2.45, 2.75) is 0 Å². The molecule has 4 rings (SSSR count). The number of ether oxygens (including phenoxy) is 2. The van der Waals surface area contributed by atoms with E-state index < -0.39 is 0 Å². The smallest absolute Gasteiger partial charge is 0.200 e. The van der Waals surface area contributed by atoms with Gasteiger partial charge in [-0.1, -0.05) is 12.1 Å². The highest BCUT2D eigenvalue weighted by molar-refractivity contribution is 5.82. The van der Waals surface area contributed by atoms with Crippen molar-refractivity contribution >= 4 is 11.0 Å². The topological polar surface area (TPSA) is 57.5 Å². The highest BCUT2D eigenvalue weighted by atomic mass is 16.5. The summed E-state index contributed by atoms with van der Waals surface area (Å²) in [5.41, 5.74) is 1.83. The Morgan fingerprint density at radius 2 is 1.72 bits per heavy atom. The molecule has 2 heterocycles. The number of hydrogen-bond acceptors (Lipinski definition) is 4. The van der Waals surface area contributed by atoms with Crippen molar-refractivity contribution in [3.05, 3.63) is 59.0 Å². The normalized spacial score (nSPS) is 19.2. The van der Waals surface area contributed by atoms with Gasteiger partial charge in [0.05, 0.1) is 25.1 Å². The molecule has 0 atom stereocenters. The molecule has 1 aliphatic heterocycles. The quantitative estimate of drug-likeness (QED) is 0.628. The molecule has 6 nitrogen and oxygen atoms in total. The molecule has 0 unspecified atom stereocenters. The van der Waals surface area contributed by atoms with Gasteiger partial charge < -0.3 is 23.7 Å². The van der Waals surface area contributed by atoms with Crippen molar-refractivity contribution < 1.29 is 23.7 Å². The lowest BCUT2D eigenvalue weighted by atomic mass is 10.1. The van der Waals surface area contributed by atoms with Crippen molar-refractivity contribution in [1.82, 2.24) is 0 Å². The number of quaternary nitrogens is 2. The van der Waals surface area contributed by atoms with Crippen LogP contribution in [0.2, 0.25) is 0 Å². The van der Waals surface area contributed by atoms with Crippen molar-refractivity contribution in [1.29, 1.82) is 0 Å². The summed E-state index contributed by atoms with van der Waals surface area (Å²) in [5, 5.41) is 0.554. The lowest BCUT2D eigenvalue weighted by Gasteiger charge is -2.27. The molecule has 1 saturated heterocycles. The summed E-state index contributed by atoms with van der Waals surface area (Å²) in [6.07, 6.45) is 1.52. The molecule has 0 radical (unpaired) electrons. The minimum atomic E-state index is -0.0488. The fourth-order valence-corrected chi connectivity index (χ4v) is 3.76. The summed E-state index contributed by atoms with van der Waals surface area (Å²) in [6, 6.07) is 12.8. The van der Waals surface area contributed by atoms with Crippen LogP contribution in [0.5, 0.6) is 11.5 Å². The molecule has 3 aromatic rings. The minimum Gasteiger partial charge on any atom is -0.497 e. The molecule has 1 aromatic heterocycles. The molecule has 1 aliphatic rings. The van der Waals surface area contributed by atoms with Gasteiger partial charge in [-0.2, -0.15) is 0 Å². The number of piperazine rings is 1. The van der Waals surface area contributed by atoms with Gasteiger partial charge in [-0.3, -0.25) is 4.79 Å². The summed E-state index contributed by atoms with van der Waals surface area (Å²) >= 11 is 0. The van der Waals surface area contributed by atoms with Crippen LogP contribution >= 0.6 is 0 Å². The van der Waals surface area contributed by atoms with Crippen LogP contribution < -0.4 is 24.7 Å². The average Bonchev–Trinajstić information content (AvgIpc) is 2.75. The second-order valence-corrected chi connectivity index (χ2v) is 7.67. The van der Waals surface area contributed by atoms with E-state index in [-0.39, 0.29) is 5.43 Å². The van der Waals surface area contributed by atoms with Gasteiger partial charge in [0, 0.05) is 6.07 Å². The van der Waals surface area contributed by atoms with Crippen LogP contribution in [0.15, 0.2) is 57.9 Å². The summed E-state index contributed by atoms with van der Waals surface area (Å²) in [4.78, 5) is 16.1. The summed E-state index contributed by atoms with van der Waals surface area (Å²) in [6.45, 7) is 6.46. The molecule has 1 fully saturated rings. The molecule has 0 amide bonds. The number of rotatable bonds is 6. The first-order chi connectivity index (χ1) is 14.1. The number of fused-ring (bicyclic) bond motifs is 1. The zero-order valence-corrected chi connectivity index (χ0v) is 17.0. The molecule has 0 saturated carbocycles. The van der Waals surface area contributed by atoms with Gasteiger partial charge in [-0.05, 0) is 29.8 Å². The van der Waals surface area contributed by atoms with Crippen LogP contribution in [0.1, 0.15) is 0 Å². The average molecular weight is 396 g/mol. The maximum absolute atomic E-state index is 12.9. The highest BCUT2D eigenvalue weighted by Crippen LogP contribution is 2.24. The number of nitrogens with one attached hydrogen (secondary N) is 2. The maximum atomic E-state index is 12.9. The molecule has 29 heavy (non-hydrogen) atoms. The molecule has 2 aromatic carbocycles. The monoisotopic (exact) mass is 396 g/mol. The van der Waals surface area contributed by atoms with Gasteiger partial charge in [0.25, 0.3) is 0 Å². The molecule has 0 aliphatic carbocycles. The number of methoxy groups -OCH3 is 1. The third kappa shape index (κ3) is 4.44. The van der Waals surface area contributed by atoms with Crippen LogP contribution in [-0.4, -0.2) is 53.5 Å². The van der Waals surface area contributed by atoms with Crippen molar-refractivity contribution in [2.75, 3.05) is 53.5 Å². The standard InChI is InChI=1S/C23H26N2O4/c1-24-9-11-25(12-10-24)13-14-28-19-7-8-20-22(15-19)29-16-21(23(20)26)17-3-5-18(27-2)6-4-17/h3-8,15-16H,9-14H2,1-2H3/p+2. The van der Waals surface area contributed by atoms with E-state index in [0.29, 0.717) is 23.1 Å². The van der Waals surface area contributed by atoms with E-state index in [1.807, 2.05) is 30.3 Å². The lowest BCUT2D eigenvalue weighted by molar-refractivity contribution is -1.00. The van der Waals surface area contributed by atoms with E-state index in [1.54, 1.807) is 29.0 Å². The molecule has 152 valence electrons. The van der Waals surface area contributed by atoms with Crippen LogP contribution in [0, 0.1) is 0 Å². The van der Waals surface area contributed by atoms with E-state index >= 15 is 0 Å². The molecule has 2 N–H and O–H groups in total. The van der Waals surface area contributed by atoms with E-state index in [2.05, 4.69) is 7.05 Å². The van der Waals surface area contributed by atoms with Gasteiger partial charge in [-0.25, -0.2) is 0 Å². The Morgan fingerprint density at radius 1 is 1.00 bits per heavy atom. The predicted molar refractivity (Wildman–Crippen MR) is 112 cm³/mol. The van der Waals surface area contributed by atoms with Gasteiger partial charge in [0.2, 0.25) is 0 Å². The Labute approximate surface area is 170 Å². The summed E-state index contributed by atoms with van der Waals surface area (Å²) in [5.74, 6) is 1.48. The van der Waals surface area contributed by atoms with E-state index in [0.717, 1.165) is 23.6 Å². The first-order valence-corrected chi connectivity index (χ1v) is 10.1. The van der Waals surface area contributed by atoms with Crippen molar-refractivity contribution in [3.63, 3.8) is 0 Å². The minimum absolute atomic E-state index is 0.0488. The second-order valence-electron chi connectivity index (χ2n) is 7.67. The Kier molecular flexibility index (Phi) is 5.83. The highest BCUT2D eigenvalue weighted by Gasteiger charge is 2.19. The van der Waals surface area contributed by atoms with Crippen LogP contribution in [0.25, 0.3) is 22.1 Å². The number of hydrogen-bond donors (Lipinski definition) is 2. The van der Waals surface area contributed by atoms with Crippen LogP contribution in [0.3, 0.4) is 0 Å². The number of benzene rings is 2. The summed E-state index contributed by atoms with van der Waals surface area (Å²) < 4.78 is 16.9. The van der Waals surface area contributed by atoms with Gasteiger partial charge in [0.15, 0.2) is 5.43 Å². The van der Waals surface area contributed by atoms with Crippen molar-refractivity contribution in [2.24, 2.45) is 0 Å². The molecule has 0 spiro atoms. The number of likely N-dealkylation sites (N-methyl/N-ethyl adjacent to an activating group) is 1. The zero-order chi connectivity index (χ0) is 20.2. The van der Waals surface area contributed by atoms with Gasteiger partial charge in [0.1, 0.15) is 62.7 Å². The predicted octanol–water partition coefficient (Wildman–Crippen LogP) is 0.261. The fraction of sp³-hybridized carbons (Fsp3) is 0.348. The molecular formula is C23H28N2O4+2. The van der Waals surface area contributed by atoms with E-state index in [1.165, 1.54) is 32.4 Å². The first-order valence-electron chi connectivity index (χ1n) is 10.1. The Bertz CT molecular complexity index is 1020. The SMILES string of the molecule is COc1ccc(-c2coc3cc(OCC[NH+]4CC[NH+](C)CC4)ccc3c2=O)cc1. The largest absolute Gasteiger partial charge is 0.497 e. The third-order valence-electron chi connectivity index (χ3n) is 5.68. The second kappa shape index (κ2) is 8.68. The van der Waals surface area contributed by atoms with Crippen molar-refractivity contribution in [3.8, 4) is 22.6 Å². The lowest BCUT2D eigenvalue weighted by Crippen LogP contribution is -3.27. The van der Waals surface area contributed by atoms with E-state index in [4.69, 9.17) is 13.9 Å². The van der Waals surface area contributed by atoms with Crippen LogP contribution in [-0.2, 0) is 0 Å². The maximum Gasteiger partial charge on any atom is 0.200 e. The van der Waals surface area contributed by atoms with Gasteiger partial charge >= 0.3 is 0 Å². The third-order valence-corrected chi connectivity index (χ3v) is 5.68. The summed E-state index contributed by atoms with van der Waals surface area (Å²) in [7, 11) is 3.86. The van der Waals surface area contributed by atoms with E-state index in [9.17, 15) is 4.79 Å². The Balaban J connectivity index is 1.46. The Hall–Kier alpha value is -2.83. The Morgan fingerprint density at radius 3 is 2.45 bits per heavy atom. The molecular weight excluding hydrogens is 368 g/mol. The molecule has 6 heteroatoms. The van der Waals surface area contributed by atoms with Gasteiger partial charge in [-0.15, -0.1) is 0 Å². The zero-order valence-electron chi connectivity index (χ0n) is 17.0. The first kappa shape index (κ1) is 19.5.